The van der Waals surface area contributed by atoms with Crippen LogP contribution in [0, 0.1) is 17.8 Å². The van der Waals surface area contributed by atoms with Gasteiger partial charge in [-0.3, -0.25) is 0 Å². The molecule has 29 heavy (non-hydrogen) atoms. The van der Waals surface area contributed by atoms with Gasteiger partial charge in [-0.05, 0) is 84.6 Å². The highest BCUT2D eigenvalue weighted by molar-refractivity contribution is 5.64. The highest BCUT2D eigenvalue weighted by Gasteiger charge is 2.35. The first-order valence-corrected chi connectivity index (χ1v) is 11.2. The van der Waals surface area contributed by atoms with Crippen molar-refractivity contribution in [2.45, 2.75) is 70.4 Å². The van der Waals surface area contributed by atoms with Gasteiger partial charge in [-0.2, -0.15) is 13.2 Å². The minimum Gasteiger partial charge on any atom is -0.166 e. The van der Waals surface area contributed by atoms with Gasteiger partial charge in [-0.15, -0.1) is 0 Å². The fourth-order valence-electron chi connectivity index (χ4n) is 5.76. The summed E-state index contributed by atoms with van der Waals surface area (Å²) in [6, 6.07) is 14.0. The molecule has 0 nitrogen and oxygen atoms in total. The second kappa shape index (κ2) is 8.53. The molecular formula is C26H31F3. The quantitative estimate of drug-likeness (QED) is 0.483. The van der Waals surface area contributed by atoms with E-state index >= 15 is 0 Å². The minimum atomic E-state index is -4.28. The number of alkyl halides is 3. The molecule has 4 rings (SSSR count). The summed E-state index contributed by atoms with van der Waals surface area (Å²) in [4.78, 5) is 0. The van der Waals surface area contributed by atoms with Crippen molar-refractivity contribution in [2.75, 3.05) is 0 Å². The Balaban J connectivity index is 1.40. The third-order valence-corrected chi connectivity index (χ3v) is 7.35. The predicted molar refractivity (Wildman–Crippen MR) is 113 cm³/mol. The molecule has 0 N–H and O–H groups in total. The summed E-state index contributed by atoms with van der Waals surface area (Å²) in [5.74, 6) is 3.42. The molecule has 0 aliphatic heterocycles. The van der Waals surface area contributed by atoms with Gasteiger partial charge in [0.25, 0.3) is 0 Å². The number of hydrogen-bond donors (Lipinski definition) is 0. The lowest BCUT2D eigenvalue weighted by Crippen LogP contribution is -2.30. The number of fused-ring (bicyclic) bond motifs is 1. The van der Waals surface area contributed by atoms with Crippen molar-refractivity contribution in [3.63, 3.8) is 0 Å². The van der Waals surface area contributed by atoms with E-state index in [0.29, 0.717) is 5.92 Å². The maximum atomic E-state index is 12.8. The van der Waals surface area contributed by atoms with E-state index in [4.69, 9.17) is 0 Å². The number of benzene rings is 2. The number of halogens is 3. The van der Waals surface area contributed by atoms with E-state index in [1.807, 2.05) is 0 Å². The van der Waals surface area contributed by atoms with Crippen LogP contribution in [0.25, 0.3) is 11.1 Å². The maximum Gasteiger partial charge on any atom is 0.416 e. The molecule has 2 fully saturated rings. The molecule has 0 saturated heterocycles. The van der Waals surface area contributed by atoms with E-state index in [2.05, 4.69) is 31.2 Å². The lowest BCUT2D eigenvalue weighted by molar-refractivity contribution is -0.137. The van der Waals surface area contributed by atoms with Gasteiger partial charge in [0.1, 0.15) is 0 Å². The number of hydrogen-bond acceptors (Lipinski definition) is 0. The van der Waals surface area contributed by atoms with Crippen molar-refractivity contribution in [2.24, 2.45) is 17.8 Å². The molecule has 0 amide bonds. The molecule has 4 atom stereocenters. The van der Waals surface area contributed by atoms with E-state index in [0.717, 1.165) is 28.9 Å². The van der Waals surface area contributed by atoms with Crippen LogP contribution in [-0.4, -0.2) is 0 Å². The molecule has 2 saturated carbocycles. The molecule has 0 heterocycles. The Kier molecular flexibility index (Phi) is 6.03. The smallest absolute Gasteiger partial charge is 0.166 e. The standard InChI is InChI=1S/C26H31F3/c1-2-3-18-4-5-24-17-23(11-10-22(24)16-18)21-8-6-19(7-9-21)20-12-14-25(15-13-20)26(27,28)29/h6-9,12-15,18,22-24H,2-5,10-11,16-17H2,1H3. The summed E-state index contributed by atoms with van der Waals surface area (Å²) in [7, 11) is 0. The van der Waals surface area contributed by atoms with Crippen LogP contribution in [0.15, 0.2) is 48.5 Å². The van der Waals surface area contributed by atoms with Crippen LogP contribution in [0.2, 0.25) is 0 Å². The van der Waals surface area contributed by atoms with Crippen LogP contribution in [-0.2, 0) is 6.18 Å². The van der Waals surface area contributed by atoms with Crippen molar-refractivity contribution in [3.05, 3.63) is 59.7 Å². The molecule has 2 aliphatic rings. The van der Waals surface area contributed by atoms with Crippen LogP contribution < -0.4 is 0 Å². The van der Waals surface area contributed by atoms with Gasteiger partial charge in [0, 0.05) is 0 Å². The summed E-state index contributed by atoms with van der Waals surface area (Å²) in [6.45, 7) is 2.30. The summed E-state index contributed by atoms with van der Waals surface area (Å²) in [5.41, 5.74) is 2.62. The Morgan fingerprint density at radius 3 is 1.97 bits per heavy atom. The second-order valence-electron chi connectivity index (χ2n) is 9.20. The Morgan fingerprint density at radius 1 is 0.759 bits per heavy atom. The van der Waals surface area contributed by atoms with Gasteiger partial charge in [0.05, 0.1) is 5.56 Å². The van der Waals surface area contributed by atoms with Crippen LogP contribution in [0.5, 0.6) is 0 Å². The second-order valence-corrected chi connectivity index (χ2v) is 9.20. The molecule has 0 spiro atoms. The highest BCUT2D eigenvalue weighted by Crippen LogP contribution is 2.48. The Labute approximate surface area is 172 Å². The zero-order chi connectivity index (χ0) is 20.4. The van der Waals surface area contributed by atoms with Gasteiger partial charge >= 0.3 is 6.18 Å². The van der Waals surface area contributed by atoms with Crippen LogP contribution in [0.1, 0.15) is 75.3 Å². The fourth-order valence-corrected chi connectivity index (χ4v) is 5.76. The number of rotatable bonds is 4. The van der Waals surface area contributed by atoms with Crippen LogP contribution in [0.4, 0.5) is 13.2 Å². The Bertz CT molecular complexity index is 788. The van der Waals surface area contributed by atoms with Gasteiger partial charge in [-0.1, -0.05) is 62.6 Å². The van der Waals surface area contributed by atoms with Crippen molar-refractivity contribution >= 4 is 0 Å². The molecule has 156 valence electrons. The summed E-state index contributed by atoms with van der Waals surface area (Å²) in [5, 5.41) is 0. The Morgan fingerprint density at radius 2 is 1.34 bits per heavy atom. The van der Waals surface area contributed by atoms with Gasteiger partial charge in [0.15, 0.2) is 0 Å². The molecule has 0 bridgehead atoms. The zero-order valence-corrected chi connectivity index (χ0v) is 17.2. The van der Waals surface area contributed by atoms with Crippen LogP contribution >= 0.6 is 0 Å². The van der Waals surface area contributed by atoms with E-state index < -0.39 is 11.7 Å². The highest BCUT2D eigenvalue weighted by atomic mass is 19.4. The minimum absolute atomic E-state index is 0.594. The zero-order valence-electron chi connectivity index (χ0n) is 17.2. The third-order valence-electron chi connectivity index (χ3n) is 7.35. The van der Waals surface area contributed by atoms with Crippen molar-refractivity contribution in [3.8, 4) is 11.1 Å². The predicted octanol–water partition coefficient (Wildman–Crippen LogP) is 8.47. The largest absolute Gasteiger partial charge is 0.416 e. The average molecular weight is 401 g/mol. The molecule has 2 aromatic carbocycles. The van der Waals surface area contributed by atoms with Crippen molar-refractivity contribution in [1.82, 2.24) is 0 Å². The molecule has 2 aliphatic carbocycles. The first-order chi connectivity index (χ1) is 13.9. The SMILES string of the molecule is CCCC1CCC2CC(c3ccc(-c4ccc(C(F)(F)F)cc4)cc3)CCC2C1. The summed E-state index contributed by atoms with van der Waals surface area (Å²) in [6.07, 6.45) is 6.63. The Hall–Kier alpha value is -1.77. The van der Waals surface area contributed by atoms with E-state index in [1.165, 1.54) is 69.1 Å². The lowest BCUT2D eigenvalue weighted by Gasteiger charge is -2.42. The molecular weight excluding hydrogens is 369 g/mol. The third kappa shape index (κ3) is 4.70. The average Bonchev–Trinajstić information content (AvgIpc) is 2.73. The topological polar surface area (TPSA) is 0 Å². The fraction of sp³-hybridized carbons (Fsp3) is 0.538. The van der Waals surface area contributed by atoms with E-state index in [9.17, 15) is 13.2 Å². The molecule has 4 unspecified atom stereocenters. The maximum absolute atomic E-state index is 12.8. The van der Waals surface area contributed by atoms with Gasteiger partial charge in [-0.25, -0.2) is 0 Å². The van der Waals surface area contributed by atoms with Crippen molar-refractivity contribution in [1.29, 1.82) is 0 Å². The van der Waals surface area contributed by atoms with Gasteiger partial charge < -0.3 is 0 Å². The summed E-state index contributed by atoms with van der Waals surface area (Å²) < 4.78 is 38.3. The van der Waals surface area contributed by atoms with Crippen LogP contribution in [0.3, 0.4) is 0 Å². The monoisotopic (exact) mass is 400 g/mol. The first kappa shape index (κ1) is 20.5. The molecule has 2 aromatic rings. The van der Waals surface area contributed by atoms with Crippen molar-refractivity contribution < 1.29 is 13.2 Å². The molecule has 0 radical (unpaired) electrons. The van der Waals surface area contributed by atoms with Gasteiger partial charge in [0.2, 0.25) is 0 Å². The normalized spacial score (nSPS) is 27.4. The first-order valence-electron chi connectivity index (χ1n) is 11.2. The molecule has 3 heteroatoms. The van der Waals surface area contributed by atoms with E-state index in [-0.39, 0.29) is 0 Å². The molecule has 0 aromatic heterocycles. The van der Waals surface area contributed by atoms with E-state index in [1.54, 1.807) is 12.1 Å². The summed E-state index contributed by atoms with van der Waals surface area (Å²) >= 11 is 0. The lowest BCUT2D eigenvalue weighted by atomic mass is 9.63.